The van der Waals surface area contributed by atoms with Crippen molar-refractivity contribution in [3.05, 3.63) is 0 Å². The van der Waals surface area contributed by atoms with Crippen LogP contribution >= 0.6 is 0 Å². The first-order chi connectivity index (χ1) is 8.31. The van der Waals surface area contributed by atoms with E-state index in [0.29, 0.717) is 5.41 Å². The average Bonchev–Trinajstić information content (AvgIpc) is 2.09. The van der Waals surface area contributed by atoms with Crippen LogP contribution in [0.15, 0.2) is 0 Å². The lowest BCUT2D eigenvalue weighted by atomic mass is 9.76. The van der Waals surface area contributed by atoms with E-state index in [4.69, 9.17) is 0 Å². The Morgan fingerprint density at radius 1 is 0.895 bits per heavy atom. The van der Waals surface area contributed by atoms with Crippen LogP contribution in [-0.2, 0) is 0 Å². The molecule has 1 N–H and O–H groups in total. The Hall–Kier alpha value is -0.0800. The molecule has 0 aromatic heterocycles. The molecule has 0 aliphatic rings. The van der Waals surface area contributed by atoms with Crippen molar-refractivity contribution in [2.75, 3.05) is 34.2 Å². The van der Waals surface area contributed by atoms with Crippen LogP contribution in [-0.4, -0.2) is 44.3 Å². The SMILES string of the molecule is CC(C)(C)NCCC(CCC[N+](C)(C)C)C(C)(C)C. The third kappa shape index (κ3) is 11.4. The summed E-state index contributed by atoms with van der Waals surface area (Å²) in [5.41, 5.74) is 0.662. The van der Waals surface area contributed by atoms with Gasteiger partial charge in [0.1, 0.15) is 0 Å². The standard InChI is InChI=1S/C17H39N2/c1-16(2,3)15(11-10-14-19(7,8)9)12-13-18-17(4,5)6/h15,18H,10-14H2,1-9H3/q+1. The highest BCUT2D eigenvalue weighted by Gasteiger charge is 2.25. The molecule has 0 bridgehead atoms. The topological polar surface area (TPSA) is 12.0 Å². The summed E-state index contributed by atoms with van der Waals surface area (Å²) in [5, 5.41) is 3.63. The van der Waals surface area contributed by atoms with Crippen LogP contribution in [0.2, 0.25) is 0 Å². The highest BCUT2D eigenvalue weighted by Crippen LogP contribution is 2.32. The van der Waals surface area contributed by atoms with E-state index in [1.165, 1.54) is 25.8 Å². The summed E-state index contributed by atoms with van der Waals surface area (Å²) in [6, 6.07) is 0. The van der Waals surface area contributed by atoms with Crippen molar-refractivity contribution in [3.8, 4) is 0 Å². The minimum atomic E-state index is 0.241. The highest BCUT2D eigenvalue weighted by molar-refractivity contribution is 4.77. The van der Waals surface area contributed by atoms with Crippen molar-refractivity contribution in [3.63, 3.8) is 0 Å². The van der Waals surface area contributed by atoms with Gasteiger partial charge in [-0.1, -0.05) is 20.8 Å². The summed E-state index contributed by atoms with van der Waals surface area (Å²) in [4.78, 5) is 0. The number of rotatable bonds is 7. The Kier molecular flexibility index (Phi) is 7.05. The van der Waals surface area contributed by atoms with E-state index >= 15 is 0 Å². The largest absolute Gasteiger partial charge is 0.331 e. The lowest BCUT2D eigenvalue weighted by Crippen LogP contribution is -2.38. The molecule has 116 valence electrons. The third-order valence-corrected chi connectivity index (χ3v) is 3.75. The predicted octanol–water partition coefficient (Wildman–Crippen LogP) is 3.91. The monoisotopic (exact) mass is 271 g/mol. The minimum absolute atomic E-state index is 0.241. The Morgan fingerprint density at radius 2 is 1.42 bits per heavy atom. The van der Waals surface area contributed by atoms with E-state index in [2.05, 4.69) is 68.0 Å². The summed E-state index contributed by atoms with van der Waals surface area (Å²) in [6.07, 6.45) is 3.98. The van der Waals surface area contributed by atoms with Crippen LogP contribution < -0.4 is 5.32 Å². The summed E-state index contributed by atoms with van der Waals surface area (Å²) in [7, 11) is 6.85. The maximum absolute atomic E-state index is 3.63. The molecule has 2 heteroatoms. The van der Waals surface area contributed by atoms with Gasteiger partial charge in [-0.25, -0.2) is 0 Å². The quantitative estimate of drug-likeness (QED) is 0.692. The molecule has 0 aliphatic carbocycles. The van der Waals surface area contributed by atoms with Gasteiger partial charge in [-0.3, -0.25) is 0 Å². The van der Waals surface area contributed by atoms with Gasteiger partial charge in [0.25, 0.3) is 0 Å². The highest BCUT2D eigenvalue weighted by atomic mass is 15.3. The molecule has 1 unspecified atom stereocenters. The number of hydrogen-bond acceptors (Lipinski definition) is 1. The first-order valence-electron chi connectivity index (χ1n) is 7.87. The van der Waals surface area contributed by atoms with E-state index < -0.39 is 0 Å². The molecule has 0 spiro atoms. The van der Waals surface area contributed by atoms with E-state index in [1.54, 1.807) is 0 Å². The number of nitrogens with zero attached hydrogens (tertiary/aromatic N) is 1. The Bertz CT molecular complexity index is 217. The van der Waals surface area contributed by atoms with Crippen molar-refractivity contribution in [2.24, 2.45) is 11.3 Å². The van der Waals surface area contributed by atoms with Gasteiger partial charge in [-0.05, 0) is 57.9 Å². The Morgan fingerprint density at radius 3 is 1.79 bits per heavy atom. The fourth-order valence-electron chi connectivity index (χ4n) is 2.44. The fourth-order valence-corrected chi connectivity index (χ4v) is 2.44. The van der Waals surface area contributed by atoms with E-state index in [9.17, 15) is 0 Å². The smallest absolute Gasteiger partial charge is 0.0780 e. The van der Waals surface area contributed by atoms with Crippen molar-refractivity contribution in [1.82, 2.24) is 5.32 Å². The Labute approximate surface area is 122 Å². The molecule has 0 heterocycles. The first-order valence-corrected chi connectivity index (χ1v) is 7.87. The van der Waals surface area contributed by atoms with Crippen LogP contribution in [0.25, 0.3) is 0 Å². The summed E-state index contributed by atoms with van der Waals surface area (Å²) in [5.74, 6) is 0.814. The maximum atomic E-state index is 3.63. The number of hydrogen-bond donors (Lipinski definition) is 1. The second-order valence-electron chi connectivity index (χ2n) is 9.18. The zero-order valence-corrected chi connectivity index (χ0v) is 15.1. The molecule has 0 aliphatic heterocycles. The first kappa shape index (κ1) is 18.9. The van der Waals surface area contributed by atoms with E-state index in [1.807, 2.05) is 0 Å². The summed E-state index contributed by atoms with van der Waals surface area (Å²) >= 11 is 0. The lowest BCUT2D eigenvalue weighted by molar-refractivity contribution is -0.870. The predicted molar refractivity (Wildman–Crippen MR) is 87.5 cm³/mol. The molecule has 0 saturated carbocycles. The molecule has 0 rings (SSSR count). The molecule has 2 nitrogen and oxygen atoms in total. The van der Waals surface area contributed by atoms with Gasteiger partial charge < -0.3 is 9.80 Å². The second-order valence-corrected chi connectivity index (χ2v) is 9.18. The van der Waals surface area contributed by atoms with Crippen molar-refractivity contribution >= 4 is 0 Å². The third-order valence-electron chi connectivity index (χ3n) is 3.75. The average molecular weight is 272 g/mol. The van der Waals surface area contributed by atoms with Crippen LogP contribution in [0, 0.1) is 11.3 Å². The van der Waals surface area contributed by atoms with Crippen LogP contribution in [0.4, 0.5) is 0 Å². The van der Waals surface area contributed by atoms with Crippen LogP contribution in [0.3, 0.4) is 0 Å². The molecule has 0 radical (unpaired) electrons. The van der Waals surface area contributed by atoms with Gasteiger partial charge in [0.2, 0.25) is 0 Å². The summed E-state index contributed by atoms with van der Waals surface area (Å²) in [6.45, 7) is 16.3. The number of quaternary nitrogens is 1. The minimum Gasteiger partial charge on any atom is -0.331 e. The van der Waals surface area contributed by atoms with Crippen molar-refractivity contribution in [1.29, 1.82) is 0 Å². The van der Waals surface area contributed by atoms with Gasteiger partial charge >= 0.3 is 0 Å². The van der Waals surface area contributed by atoms with Gasteiger partial charge in [0.05, 0.1) is 27.7 Å². The zero-order valence-electron chi connectivity index (χ0n) is 15.1. The lowest BCUT2D eigenvalue weighted by Gasteiger charge is -2.33. The normalized spacial score (nSPS) is 15.6. The number of nitrogens with one attached hydrogen (secondary N) is 1. The molecule has 0 amide bonds. The second kappa shape index (κ2) is 7.08. The molecule has 19 heavy (non-hydrogen) atoms. The van der Waals surface area contributed by atoms with Gasteiger partial charge in [-0.2, -0.15) is 0 Å². The zero-order chi connectivity index (χ0) is 15.3. The van der Waals surface area contributed by atoms with Crippen molar-refractivity contribution < 1.29 is 4.48 Å². The van der Waals surface area contributed by atoms with Crippen LogP contribution in [0.1, 0.15) is 60.8 Å². The molecular formula is C17H39N2+. The van der Waals surface area contributed by atoms with Crippen LogP contribution in [0.5, 0.6) is 0 Å². The molecule has 1 atom stereocenters. The van der Waals surface area contributed by atoms with E-state index in [0.717, 1.165) is 16.9 Å². The summed E-state index contributed by atoms with van der Waals surface area (Å²) < 4.78 is 1.08. The van der Waals surface area contributed by atoms with Gasteiger partial charge in [0.15, 0.2) is 0 Å². The molecule has 0 aromatic rings. The maximum Gasteiger partial charge on any atom is 0.0780 e. The van der Waals surface area contributed by atoms with E-state index in [-0.39, 0.29) is 5.54 Å². The molecular weight excluding hydrogens is 232 g/mol. The van der Waals surface area contributed by atoms with Crippen molar-refractivity contribution in [2.45, 2.75) is 66.3 Å². The van der Waals surface area contributed by atoms with Gasteiger partial charge in [-0.15, -0.1) is 0 Å². The molecule has 0 aromatic carbocycles. The molecule has 0 fully saturated rings. The molecule has 0 saturated heterocycles. The fraction of sp³-hybridized carbons (Fsp3) is 1.00. The Balaban J connectivity index is 4.19. The van der Waals surface area contributed by atoms with Gasteiger partial charge in [0, 0.05) is 5.54 Å².